The summed E-state index contributed by atoms with van der Waals surface area (Å²) in [7, 11) is 1.48. The first-order valence-electron chi connectivity index (χ1n) is 10.1. The number of amides is 2. The van der Waals surface area contributed by atoms with Gasteiger partial charge in [-0.15, -0.1) is 0 Å². The van der Waals surface area contributed by atoms with Crippen molar-refractivity contribution in [2.24, 2.45) is 7.05 Å². The molecule has 3 N–H and O–H groups in total. The maximum absolute atomic E-state index is 12.6. The van der Waals surface area contributed by atoms with E-state index in [1.54, 1.807) is 43.3 Å². The summed E-state index contributed by atoms with van der Waals surface area (Å²) in [5.74, 6) is 0.0128. The number of carbonyl (C=O) groups excluding carboxylic acids is 2. The zero-order valence-corrected chi connectivity index (χ0v) is 18.5. The first-order chi connectivity index (χ1) is 15.8. The number of aromatic nitrogens is 1. The first-order valence-corrected chi connectivity index (χ1v) is 10.1. The fourth-order valence-electron chi connectivity index (χ4n) is 2.87. The largest absolute Gasteiger partial charge is 0.505 e. The van der Waals surface area contributed by atoms with Gasteiger partial charge in [0.1, 0.15) is 17.3 Å². The minimum Gasteiger partial charge on any atom is -0.505 e. The van der Waals surface area contributed by atoms with E-state index in [1.165, 1.54) is 30.0 Å². The summed E-state index contributed by atoms with van der Waals surface area (Å²) in [6.45, 7) is 9.16. The summed E-state index contributed by atoms with van der Waals surface area (Å²) in [5.41, 5.74) is -0.314. The van der Waals surface area contributed by atoms with Gasteiger partial charge in [0.05, 0.1) is 19.1 Å². The molecule has 0 fully saturated rings. The molecule has 0 saturated carbocycles. The predicted molar refractivity (Wildman–Crippen MR) is 125 cm³/mol. The number of ether oxygens (including phenoxy) is 2. The standard InChI is InChI=1S/C24H27N3O6/c1-5-9-17(6-2)33-18-11-8-10-16(14-18)19(15-21(29)32-7-3)25-24(31)26-22-20(28)12-13-27(4)23(22)30/h5-6,8-14,19,28H,1-2,7,15H2,3-4H3,(H2,25,26,31)/b17-9+. The van der Waals surface area contributed by atoms with Crippen molar-refractivity contribution in [3.8, 4) is 11.5 Å². The highest BCUT2D eigenvalue weighted by Gasteiger charge is 2.21. The number of hydrogen-bond donors (Lipinski definition) is 3. The molecule has 1 unspecified atom stereocenters. The molecule has 2 amide bonds. The second-order valence-corrected chi connectivity index (χ2v) is 6.84. The van der Waals surface area contributed by atoms with Gasteiger partial charge in [-0.1, -0.05) is 31.4 Å². The molecule has 1 heterocycles. The Morgan fingerprint density at radius 1 is 1.27 bits per heavy atom. The molecular weight excluding hydrogens is 426 g/mol. The van der Waals surface area contributed by atoms with Crippen LogP contribution in [-0.4, -0.2) is 28.3 Å². The lowest BCUT2D eigenvalue weighted by atomic mass is 10.0. The highest BCUT2D eigenvalue weighted by atomic mass is 16.5. The Morgan fingerprint density at radius 2 is 2.03 bits per heavy atom. The molecule has 9 nitrogen and oxygen atoms in total. The lowest BCUT2D eigenvalue weighted by Gasteiger charge is -2.20. The van der Waals surface area contributed by atoms with Gasteiger partial charge in [-0.3, -0.25) is 9.59 Å². The van der Waals surface area contributed by atoms with Crippen molar-refractivity contribution in [1.82, 2.24) is 9.88 Å². The summed E-state index contributed by atoms with van der Waals surface area (Å²) in [5, 5.41) is 14.9. The van der Waals surface area contributed by atoms with Crippen molar-refractivity contribution >= 4 is 17.7 Å². The molecule has 0 saturated heterocycles. The Balaban J connectivity index is 2.30. The highest BCUT2D eigenvalue weighted by molar-refractivity contribution is 5.91. The quantitative estimate of drug-likeness (QED) is 0.288. The molecule has 0 spiro atoms. The molecule has 1 aromatic carbocycles. The molecule has 0 bridgehead atoms. The van der Waals surface area contributed by atoms with E-state index in [-0.39, 0.29) is 24.5 Å². The Bertz CT molecular complexity index is 1120. The molecule has 1 atom stereocenters. The summed E-state index contributed by atoms with van der Waals surface area (Å²) in [6.07, 6.45) is 5.91. The number of carbonyl (C=O) groups is 2. The molecule has 33 heavy (non-hydrogen) atoms. The average Bonchev–Trinajstić information content (AvgIpc) is 2.79. The van der Waals surface area contributed by atoms with Crippen LogP contribution < -0.4 is 20.9 Å². The molecule has 2 aromatic rings. The van der Waals surface area contributed by atoms with Gasteiger partial charge in [-0.25, -0.2) is 4.79 Å². The molecule has 2 rings (SSSR count). The average molecular weight is 453 g/mol. The smallest absolute Gasteiger partial charge is 0.319 e. The number of nitrogens with zero attached hydrogens (tertiary/aromatic N) is 1. The van der Waals surface area contributed by atoms with Crippen molar-refractivity contribution in [2.45, 2.75) is 19.4 Å². The van der Waals surface area contributed by atoms with E-state index in [0.717, 1.165) is 0 Å². The van der Waals surface area contributed by atoms with E-state index in [1.807, 2.05) is 0 Å². The first kappa shape index (κ1) is 25.0. The Hall–Kier alpha value is -4.27. The van der Waals surface area contributed by atoms with Crippen LogP contribution >= 0.6 is 0 Å². The number of aromatic hydroxyl groups is 1. The lowest BCUT2D eigenvalue weighted by molar-refractivity contribution is -0.143. The van der Waals surface area contributed by atoms with Crippen LogP contribution in [0.25, 0.3) is 0 Å². The third kappa shape index (κ3) is 7.13. The molecule has 1 aromatic heterocycles. The fourth-order valence-corrected chi connectivity index (χ4v) is 2.87. The van der Waals surface area contributed by atoms with E-state index in [9.17, 15) is 19.5 Å². The summed E-state index contributed by atoms with van der Waals surface area (Å²) >= 11 is 0. The van der Waals surface area contributed by atoms with Crippen molar-refractivity contribution in [3.63, 3.8) is 0 Å². The van der Waals surface area contributed by atoms with Gasteiger partial charge in [0.25, 0.3) is 5.56 Å². The Morgan fingerprint density at radius 3 is 2.70 bits per heavy atom. The summed E-state index contributed by atoms with van der Waals surface area (Å²) in [6, 6.07) is 6.46. The molecule has 0 aliphatic heterocycles. The van der Waals surface area contributed by atoms with Gasteiger partial charge in [0.2, 0.25) is 0 Å². The monoisotopic (exact) mass is 453 g/mol. The topological polar surface area (TPSA) is 119 Å². The third-order valence-corrected chi connectivity index (χ3v) is 4.45. The van der Waals surface area contributed by atoms with Crippen molar-refractivity contribution in [3.05, 3.63) is 89.6 Å². The van der Waals surface area contributed by atoms with Gasteiger partial charge < -0.3 is 29.8 Å². The number of anilines is 1. The predicted octanol–water partition coefficient (Wildman–Crippen LogP) is 3.54. The number of rotatable bonds is 10. The zero-order chi connectivity index (χ0) is 24.4. The van der Waals surface area contributed by atoms with Crippen LogP contribution in [0, 0.1) is 0 Å². The maximum Gasteiger partial charge on any atom is 0.319 e. The summed E-state index contributed by atoms with van der Waals surface area (Å²) in [4.78, 5) is 37.0. The number of hydrogen-bond acceptors (Lipinski definition) is 6. The van der Waals surface area contributed by atoms with Crippen LogP contribution in [0.2, 0.25) is 0 Å². The van der Waals surface area contributed by atoms with Gasteiger partial charge in [-0.05, 0) is 42.8 Å². The zero-order valence-electron chi connectivity index (χ0n) is 18.5. The minimum atomic E-state index is -0.808. The van der Waals surface area contributed by atoms with Crippen molar-refractivity contribution in [2.75, 3.05) is 11.9 Å². The number of nitrogens with one attached hydrogen (secondary N) is 2. The van der Waals surface area contributed by atoms with E-state index in [0.29, 0.717) is 17.1 Å². The van der Waals surface area contributed by atoms with Crippen LogP contribution in [0.1, 0.15) is 24.9 Å². The second-order valence-electron chi connectivity index (χ2n) is 6.84. The number of aryl methyl sites for hydroxylation is 1. The normalized spacial score (nSPS) is 11.8. The van der Waals surface area contributed by atoms with Crippen LogP contribution in [0.3, 0.4) is 0 Å². The van der Waals surface area contributed by atoms with Gasteiger partial charge in [-0.2, -0.15) is 0 Å². The number of benzene rings is 1. The Kier molecular flexibility index (Phi) is 9.05. The maximum atomic E-state index is 12.6. The lowest BCUT2D eigenvalue weighted by Crippen LogP contribution is -2.36. The van der Waals surface area contributed by atoms with Crippen molar-refractivity contribution < 1.29 is 24.2 Å². The molecule has 0 aliphatic rings. The van der Waals surface area contributed by atoms with Crippen LogP contribution in [0.4, 0.5) is 10.5 Å². The SMILES string of the molecule is C=C/C=C(\C=C)Oc1cccc(C(CC(=O)OCC)NC(=O)Nc2c(O)ccn(C)c2=O)c1. The van der Waals surface area contributed by atoms with E-state index in [2.05, 4.69) is 23.8 Å². The van der Waals surface area contributed by atoms with E-state index in [4.69, 9.17) is 9.47 Å². The van der Waals surface area contributed by atoms with Crippen molar-refractivity contribution in [1.29, 1.82) is 0 Å². The molecule has 9 heteroatoms. The fraction of sp³-hybridized carbons (Fsp3) is 0.208. The minimum absolute atomic E-state index is 0.166. The second kappa shape index (κ2) is 11.9. The van der Waals surface area contributed by atoms with Crippen LogP contribution in [-0.2, 0) is 16.6 Å². The number of esters is 1. The molecular formula is C24H27N3O6. The van der Waals surface area contributed by atoms with Gasteiger partial charge in [0, 0.05) is 13.2 Å². The molecule has 0 radical (unpaired) electrons. The van der Waals surface area contributed by atoms with Gasteiger partial charge in [0.15, 0.2) is 5.69 Å². The molecule has 0 aliphatic carbocycles. The van der Waals surface area contributed by atoms with Crippen LogP contribution in [0.15, 0.2) is 78.5 Å². The van der Waals surface area contributed by atoms with E-state index < -0.39 is 23.6 Å². The number of allylic oxidation sites excluding steroid dienone is 3. The molecule has 174 valence electrons. The number of urea groups is 1. The highest BCUT2D eigenvalue weighted by Crippen LogP contribution is 2.24. The van der Waals surface area contributed by atoms with Crippen LogP contribution in [0.5, 0.6) is 11.5 Å². The van der Waals surface area contributed by atoms with E-state index >= 15 is 0 Å². The van der Waals surface area contributed by atoms with Gasteiger partial charge >= 0.3 is 12.0 Å². The number of pyridine rings is 1. The third-order valence-electron chi connectivity index (χ3n) is 4.45. The Labute approximate surface area is 191 Å². The summed E-state index contributed by atoms with van der Waals surface area (Å²) < 4.78 is 12.0.